The van der Waals surface area contributed by atoms with Crippen LogP contribution in [0.4, 0.5) is 13.2 Å². The van der Waals surface area contributed by atoms with Crippen molar-refractivity contribution >= 4 is 5.97 Å². The largest absolute Gasteiger partial charge is 0.496 e. The predicted molar refractivity (Wildman–Crippen MR) is 83.0 cm³/mol. The van der Waals surface area contributed by atoms with E-state index in [9.17, 15) is 23.1 Å². The topological polar surface area (TPSA) is 55.8 Å². The number of ether oxygens (including phenoxy) is 2. The minimum atomic E-state index is -4.98. The Hall–Kier alpha value is -1.76. The molecule has 136 valence electrons. The molecule has 1 N–H and O–H groups in total. The van der Waals surface area contributed by atoms with Gasteiger partial charge in [0.2, 0.25) is 0 Å². The van der Waals surface area contributed by atoms with Crippen LogP contribution in [0.1, 0.15) is 37.8 Å². The summed E-state index contributed by atoms with van der Waals surface area (Å²) in [5.41, 5.74) is -2.92. The molecule has 0 aromatic heterocycles. The summed E-state index contributed by atoms with van der Waals surface area (Å²) in [5.74, 6) is -0.699. The Morgan fingerprint density at radius 2 is 1.79 bits per heavy atom. The molecule has 4 nitrogen and oxygen atoms in total. The van der Waals surface area contributed by atoms with Crippen LogP contribution in [0.5, 0.6) is 5.75 Å². The summed E-state index contributed by atoms with van der Waals surface area (Å²) < 4.78 is 49.8. The molecule has 0 aliphatic rings. The summed E-state index contributed by atoms with van der Waals surface area (Å²) in [6.45, 7) is 4.94. The molecule has 1 atom stereocenters. The van der Waals surface area contributed by atoms with Crippen molar-refractivity contribution in [3.05, 3.63) is 29.3 Å². The van der Waals surface area contributed by atoms with Crippen molar-refractivity contribution in [2.75, 3.05) is 14.2 Å². The first kappa shape index (κ1) is 20.3. The number of aliphatic hydroxyl groups is 1. The summed E-state index contributed by atoms with van der Waals surface area (Å²) >= 11 is 0. The summed E-state index contributed by atoms with van der Waals surface area (Å²) in [6.07, 6.45) is -6.85. The maximum Gasteiger partial charge on any atom is 0.417 e. The SMILES string of the molecule is COC(=O)C[C@](O)(CC(C)(C)c1cc(C)ccc1OC)C(F)(F)F. The molecule has 0 amide bonds. The first-order valence-electron chi connectivity index (χ1n) is 7.37. The molecule has 7 heteroatoms. The van der Waals surface area contributed by atoms with Gasteiger partial charge in [0.1, 0.15) is 5.75 Å². The Bertz CT molecular complexity index is 596. The number of hydrogen-bond donors (Lipinski definition) is 1. The smallest absolute Gasteiger partial charge is 0.417 e. The summed E-state index contributed by atoms with van der Waals surface area (Å²) in [5, 5.41) is 10.2. The molecule has 0 aliphatic carbocycles. The highest BCUT2D eigenvalue weighted by Gasteiger charge is 2.57. The second-order valence-corrected chi connectivity index (χ2v) is 6.55. The van der Waals surface area contributed by atoms with E-state index in [1.807, 2.05) is 6.92 Å². The van der Waals surface area contributed by atoms with Crippen molar-refractivity contribution in [1.29, 1.82) is 0 Å². The van der Waals surface area contributed by atoms with E-state index in [2.05, 4.69) is 4.74 Å². The van der Waals surface area contributed by atoms with E-state index in [1.54, 1.807) is 32.0 Å². The Labute approximate surface area is 139 Å². The van der Waals surface area contributed by atoms with Crippen LogP contribution < -0.4 is 4.74 Å². The molecule has 0 saturated heterocycles. The van der Waals surface area contributed by atoms with Gasteiger partial charge in [0, 0.05) is 5.56 Å². The van der Waals surface area contributed by atoms with Crippen molar-refractivity contribution in [3.63, 3.8) is 0 Å². The molecule has 1 rings (SSSR count). The highest BCUT2D eigenvalue weighted by Crippen LogP contribution is 2.45. The van der Waals surface area contributed by atoms with Crippen molar-refractivity contribution < 1.29 is 32.5 Å². The fourth-order valence-electron chi connectivity index (χ4n) is 2.75. The molecule has 0 saturated carbocycles. The van der Waals surface area contributed by atoms with Gasteiger partial charge in [-0.3, -0.25) is 4.79 Å². The lowest BCUT2D eigenvalue weighted by molar-refractivity contribution is -0.269. The maximum absolute atomic E-state index is 13.4. The van der Waals surface area contributed by atoms with Gasteiger partial charge >= 0.3 is 12.1 Å². The molecule has 0 heterocycles. The van der Waals surface area contributed by atoms with E-state index >= 15 is 0 Å². The lowest BCUT2D eigenvalue weighted by Gasteiger charge is -2.37. The number of methoxy groups -OCH3 is 2. The second-order valence-electron chi connectivity index (χ2n) is 6.55. The van der Waals surface area contributed by atoms with Crippen LogP contribution >= 0.6 is 0 Å². The molecule has 0 radical (unpaired) electrons. The zero-order valence-electron chi connectivity index (χ0n) is 14.5. The van der Waals surface area contributed by atoms with Crippen molar-refractivity contribution in [2.24, 2.45) is 0 Å². The van der Waals surface area contributed by atoms with Crippen LogP contribution in [-0.2, 0) is 14.9 Å². The van der Waals surface area contributed by atoms with Crippen molar-refractivity contribution in [3.8, 4) is 5.75 Å². The van der Waals surface area contributed by atoms with Crippen LogP contribution in [0.15, 0.2) is 18.2 Å². The Kier molecular flexibility index (Phi) is 5.92. The van der Waals surface area contributed by atoms with Crippen LogP contribution in [0.25, 0.3) is 0 Å². The normalized spacial score (nSPS) is 14.9. The van der Waals surface area contributed by atoms with Crippen molar-refractivity contribution in [2.45, 2.75) is 50.8 Å². The number of carbonyl (C=O) groups is 1. The molecular weight excluding hydrogens is 325 g/mol. The van der Waals surface area contributed by atoms with Gasteiger partial charge in [0.05, 0.1) is 20.6 Å². The molecule has 0 bridgehead atoms. The standard InChI is InChI=1S/C17H23F3O4/c1-11-6-7-13(23-4)12(8-11)15(2,3)10-16(22,17(18,19)20)9-14(21)24-5/h6-8,22H,9-10H2,1-5H3/t16-/m0/s1. The molecule has 0 unspecified atom stereocenters. The zero-order chi connectivity index (χ0) is 18.8. The molecule has 24 heavy (non-hydrogen) atoms. The number of halogens is 3. The number of alkyl halides is 3. The third-order valence-electron chi connectivity index (χ3n) is 4.01. The second kappa shape index (κ2) is 7.01. The van der Waals surface area contributed by atoms with Gasteiger partial charge in [-0.15, -0.1) is 0 Å². The third-order valence-corrected chi connectivity index (χ3v) is 4.01. The van der Waals surface area contributed by atoms with Gasteiger partial charge in [0.15, 0.2) is 5.60 Å². The minimum absolute atomic E-state index is 0.424. The van der Waals surface area contributed by atoms with Gasteiger partial charge in [-0.05, 0) is 24.8 Å². The first-order chi connectivity index (χ1) is 10.9. The fourth-order valence-corrected chi connectivity index (χ4v) is 2.75. The van der Waals surface area contributed by atoms with E-state index in [0.29, 0.717) is 11.3 Å². The minimum Gasteiger partial charge on any atom is -0.496 e. The Balaban J connectivity index is 3.30. The van der Waals surface area contributed by atoms with E-state index in [0.717, 1.165) is 12.7 Å². The number of carbonyl (C=O) groups excluding carboxylic acids is 1. The zero-order valence-corrected chi connectivity index (χ0v) is 14.5. The van der Waals surface area contributed by atoms with Gasteiger partial charge in [0.25, 0.3) is 0 Å². The first-order valence-corrected chi connectivity index (χ1v) is 7.37. The molecule has 0 fully saturated rings. The Morgan fingerprint density at radius 3 is 2.25 bits per heavy atom. The van der Waals surface area contributed by atoms with Gasteiger partial charge in [-0.1, -0.05) is 31.5 Å². The maximum atomic E-state index is 13.4. The quantitative estimate of drug-likeness (QED) is 0.799. The number of aryl methyl sites for hydroxylation is 1. The van der Waals surface area contributed by atoms with Crippen LogP contribution in [0, 0.1) is 6.92 Å². The summed E-state index contributed by atoms with van der Waals surface area (Å²) in [7, 11) is 2.41. The molecule has 0 aliphatic heterocycles. The predicted octanol–water partition coefficient (Wildman–Crippen LogP) is 3.53. The van der Waals surface area contributed by atoms with Gasteiger partial charge < -0.3 is 14.6 Å². The third kappa shape index (κ3) is 4.41. The summed E-state index contributed by atoms with van der Waals surface area (Å²) in [4.78, 5) is 11.4. The molecular formula is C17H23F3O4. The number of rotatable bonds is 6. The number of esters is 1. The lowest BCUT2D eigenvalue weighted by atomic mass is 9.73. The highest BCUT2D eigenvalue weighted by molar-refractivity contribution is 5.70. The highest BCUT2D eigenvalue weighted by atomic mass is 19.4. The average molecular weight is 348 g/mol. The molecule has 1 aromatic carbocycles. The van der Waals surface area contributed by atoms with Crippen LogP contribution in [-0.4, -0.2) is 37.1 Å². The van der Waals surface area contributed by atoms with E-state index in [1.165, 1.54) is 7.11 Å². The average Bonchev–Trinajstić information content (AvgIpc) is 2.45. The van der Waals surface area contributed by atoms with E-state index in [4.69, 9.17) is 4.74 Å². The molecule has 1 aromatic rings. The van der Waals surface area contributed by atoms with Gasteiger partial charge in [-0.2, -0.15) is 13.2 Å². The van der Waals surface area contributed by atoms with E-state index in [-0.39, 0.29) is 0 Å². The summed E-state index contributed by atoms with van der Waals surface area (Å²) in [6, 6.07) is 5.16. The lowest BCUT2D eigenvalue weighted by Crippen LogP contribution is -2.50. The Morgan fingerprint density at radius 1 is 1.21 bits per heavy atom. The van der Waals surface area contributed by atoms with Crippen LogP contribution in [0.3, 0.4) is 0 Å². The number of benzene rings is 1. The monoisotopic (exact) mass is 348 g/mol. The molecule has 0 spiro atoms. The fraction of sp³-hybridized carbons (Fsp3) is 0.588. The van der Waals surface area contributed by atoms with E-state index < -0.39 is 36.0 Å². The number of hydrogen-bond acceptors (Lipinski definition) is 4. The van der Waals surface area contributed by atoms with Crippen molar-refractivity contribution in [1.82, 2.24) is 0 Å². The van der Waals surface area contributed by atoms with Crippen LogP contribution in [0.2, 0.25) is 0 Å². The van der Waals surface area contributed by atoms with Gasteiger partial charge in [-0.25, -0.2) is 0 Å².